The second-order valence-corrected chi connectivity index (χ2v) is 2.52. The van der Waals surface area contributed by atoms with Crippen molar-refractivity contribution in [2.24, 2.45) is 0 Å². The molecule has 0 nitrogen and oxygen atoms in total. The molecule has 0 aliphatic carbocycles. The third kappa shape index (κ3) is 4.49. The molecule has 0 aliphatic heterocycles. The molecule has 0 spiro atoms. The van der Waals surface area contributed by atoms with Crippen LogP contribution >= 0.6 is 0 Å². The average molecular weight is 154 g/mol. The van der Waals surface area contributed by atoms with Crippen LogP contribution in [-0.4, -0.2) is 31.5 Å². The first-order chi connectivity index (χ1) is 4.18. The fourth-order valence-corrected chi connectivity index (χ4v) is 1.11. The molecule has 0 atom stereocenters. The standard InChI is InChI=1S/C9H11.B.Mg/c1-7-4-8(2)6-9(3)5-7;;/h4-5H,1-3H3;;/q2*-1;+2. The van der Waals surface area contributed by atoms with Gasteiger partial charge in [-0.25, -0.2) is 0 Å². The maximum absolute atomic E-state index is 3.21. The number of rotatable bonds is 0. The number of benzene rings is 1. The van der Waals surface area contributed by atoms with E-state index in [9.17, 15) is 0 Å². The first-order valence-corrected chi connectivity index (χ1v) is 3.15. The maximum Gasteiger partial charge on any atom is 2.00 e. The van der Waals surface area contributed by atoms with Crippen LogP contribution in [0.15, 0.2) is 12.1 Å². The smallest absolute Gasteiger partial charge is 1.00 e. The van der Waals surface area contributed by atoms with Crippen LogP contribution in [0.4, 0.5) is 0 Å². The summed E-state index contributed by atoms with van der Waals surface area (Å²) in [5.74, 6) is 0. The van der Waals surface area contributed by atoms with E-state index in [0.717, 1.165) is 0 Å². The number of aryl methyl sites for hydroxylation is 3. The van der Waals surface area contributed by atoms with Crippen molar-refractivity contribution in [2.45, 2.75) is 20.8 Å². The topological polar surface area (TPSA) is 0 Å². The number of hydrogen-bond donors (Lipinski definition) is 0. The molecule has 0 heterocycles. The van der Waals surface area contributed by atoms with Crippen molar-refractivity contribution >= 4 is 31.5 Å². The Morgan fingerprint density at radius 3 is 1.64 bits per heavy atom. The van der Waals surface area contributed by atoms with E-state index in [4.69, 9.17) is 0 Å². The molecule has 52 valence electrons. The Bertz CT molecular complexity index is 170. The van der Waals surface area contributed by atoms with E-state index >= 15 is 0 Å². The van der Waals surface area contributed by atoms with Gasteiger partial charge in [0.05, 0.1) is 0 Å². The van der Waals surface area contributed by atoms with Crippen LogP contribution in [-0.2, 0) is 0 Å². The zero-order valence-electron chi connectivity index (χ0n) is 7.44. The van der Waals surface area contributed by atoms with Crippen molar-refractivity contribution in [3.63, 3.8) is 0 Å². The van der Waals surface area contributed by atoms with Gasteiger partial charge >= 0.3 is 23.1 Å². The molecule has 11 heavy (non-hydrogen) atoms. The summed E-state index contributed by atoms with van der Waals surface area (Å²) in [6.45, 7) is 6.24. The molecular formula is C9H11BMg. The van der Waals surface area contributed by atoms with Crippen molar-refractivity contribution in [3.8, 4) is 0 Å². The van der Waals surface area contributed by atoms with E-state index in [1.54, 1.807) is 0 Å². The zero-order valence-corrected chi connectivity index (χ0v) is 8.85. The van der Waals surface area contributed by atoms with Gasteiger partial charge in [-0.2, -0.15) is 34.9 Å². The molecule has 1 aromatic carbocycles. The van der Waals surface area contributed by atoms with Crippen molar-refractivity contribution in [3.05, 3.63) is 34.9 Å². The quantitative estimate of drug-likeness (QED) is 0.394. The monoisotopic (exact) mass is 154 g/mol. The van der Waals surface area contributed by atoms with Gasteiger partial charge in [0.15, 0.2) is 0 Å². The molecular weight excluding hydrogens is 143 g/mol. The zero-order chi connectivity index (χ0) is 6.85. The summed E-state index contributed by atoms with van der Waals surface area (Å²) in [5.41, 5.74) is 3.78. The van der Waals surface area contributed by atoms with E-state index < -0.39 is 0 Å². The molecule has 0 bridgehead atoms. The molecule has 1 aromatic rings. The van der Waals surface area contributed by atoms with E-state index in [2.05, 4.69) is 39.0 Å². The first kappa shape index (κ1) is 13.6. The van der Waals surface area contributed by atoms with Crippen LogP contribution in [0.25, 0.3) is 0 Å². The SMILES string of the molecule is Cc1[c-]c(C)cc(C)c1.[B-].[Mg+2]. The van der Waals surface area contributed by atoms with Gasteiger partial charge in [-0.05, 0) is 0 Å². The number of hydrogen-bond acceptors (Lipinski definition) is 0. The normalized spacial score (nSPS) is 7.91. The summed E-state index contributed by atoms with van der Waals surface area (Å²) in [6, 6.07) is 7.47. The molecule has 0 amide bonds. The van der Waals surface area contributed by atoms with Gasteiger partial charge in [-0.1, -0.05) is 20.8 Å². The Labute approximate surface area is 87.1 Å². The first-order valence-electron chi connectivity index (χ1n) is 3.15. The summed E-state index contributed by atoms with van der Waals surface area (Å²) in [7, 11) is 0. The fraction of sp³-hybridized carbons (Fsp3) is 0.333. The van der Waals surface area contributed by atoms with Gasteiger partial charge in [-0.3, -0.25) is 0 Å². The average Bonchev–Trinajstić information content (AvgIpc) is 1.59. The fourth-order valence-electron chi connectivity index (χ4n) is 1.11. The third-order valence-electron chi connectivity index (χ3n) is 1.28. The predicted octanol–water partition coefficient (Wildman–Crippen LogP) is 1.65. The Kier molecular flexibility index (Phi) is 7.02. The van der Waals surface area contributed by atoms with Gasteiger partial charge < -0.3 is 8.41 Å². The van der Waals surface area contributed by atoms with E-state index in [1.807, 2.05) is 0 Å². The summed E-state index contributed by atoms with van der Waals surface area (Å²) >= 11 is 0. The van der Waals surface area contributed by atoms with Crippen molar-refractivity contribution in [1.82, 2.24) is 0 Å². The predicted molar refractivity (Wildman–Crippen MR) is 51.0 cm³/mol. The van der Waals surface area contributed by atoms with Crippen LogP contribution in [0.5, 0.6) is 0 Å². The second-order valence-electron chi connectivity index (χ2n) is 2.52. The van der Waals surface area contributed by atoms with Crippen LogP contribution < -0.4 is 0 Å². The molecule has 0 aromatic heterocycles. The molecule has 0 unspecified atom stereocenters. The largest absolute Gasteiger partial charge is 2.00 e. The molecule has 0 aliphatic rings. The Morgan fingerprint density at radius 2 is 1.36 bits per heavy atom. The van der Waals surface area contributed by atoms with Crippen LogP contribution in [0.1, 0.15) is 16.7 Å². The van der Waals surface area contributed by atoms with Gasteiger partial charge in [0.2, 0.25) is 0 Å². The summed E-state index contributed by atoms with van der Waals surface area (Å²) in [6.07, 6.45) is 0. The molecule has 0 N–H and O–H groups in total. The maximum atomic E-state index is 3.21. The van der Waals surface area contributed by atoms with Gasteiger partial charge in [0.25, 0.3) is 0 Å². The van der Waals surface area contributed by atoms with Crippen LogP contribution in [0, 0.1) is 26.8 Å². The van der Waals surface area contributed by atoms with Gasteiger partial charge in [-0.15, -0.1) is 0 Å². The molecule has 0 saturated heterocycles. The minimum absolute atomic E-state index is 0. The third-order valence-corrected chi connectivity index (χ3v) is 1.28. The van der Waals surface area contributed by atoms with Crippen molar-refractivity contribution in [1.29, 1.82) is 0 Å². The summed E-state index contributed by atoms with van der Waals surface area (Å²) < 4.78 is 0. The summed E-state index contributed by atoms with van der Waals surface area (Å²) in [5, 5.41) is 0. The molecule has 0 saturated carbocycles. The Hall–Kier alpha value is 0.0512. The minimum atomic E-state index is 0. The molecule has 0 fully saturated rings. The molecule has 2 heteroatoms. The Balaban J connectivity index is 0. The van der Waals surface area contributed by atoms with E-state index in [-0.39, 0.29) is 31.5 Å². The summed E-state index contributed by atoms with van der Waals surface area (Å²) in [4.78, 5) is 0. The van der Waals surface area contributed by atoms with Gasteiger partial charge in [0.1, 0.15) is 0 Å². The second kappa shape index (κ2) is 5.67. The van der Waals surface area contributed by atoms with Crippen LogP contribution in [0.2, 0.25) is 0 Å². The van der Waals surface area contributed by atoms with Crippen molar-refractivity contribution in [2.75, 3.05) is 0 Å². The Morgan fingerprint density at radius 1 is 1.00 bits per heavy atom. The molecule has 4 radical (unpaired) electrons. The van der Waals surface area contributed by atoms with Crippen LogP contribution in [0.3, 0.4) is 0 Å². The van der Waals surface area contributed by atoms with E-state index in [1.165, 1.54) is 16.7 Å². The minimum Gasteiger partial charge on any atom is -1.00 e. The van der Waals surface area contributed by atoms with Crippen molar-refractivity contribution < 1.29 is 0 Å². The molecule has 1 rings (SSSR count). The van der Waals surface area contributed by atoms with E-state index in [0.29, 0.717) is 0 Å². The van der Waals surface area contributed by atoms with Gasteiger partial charge in [0, 0.05) is 0 Å².